The molecule has 0 unspecified atom stereocenters. The van der Waals surface area contributed by atoms with Gasteiger partial charge >= 0.3 is 0 Å². The van der Waals surface area contributed by atoms with E-state index in [1.165, 1.54) is 48.0 Å². The Hall–Kier alpha value is -8.72. The molecule has 8 nitrogen and oxygen atoms in total. The molecule has 12 aromatic carbocycles. The maximum Gasteiger partial charge on any atom is 0.297 e. The van der Waals surface area contributed by atoms with E-state index in [9.17, 15) is 17.2 Å². The van der Waals surface area contributed by atoms with E-state index in [-0.39, 0.29) is 43.7 Å². The second kappa shape index (κ2) is 40.4. The van der Waals surface area contributed by atoms with Crippen LogP contribution in [0.15, 0.2) is 332 Å². The minimum absolute atomic E-state index is 0. The fourth-order valence-electron chi connectivity index (χ4n) is 10.6. The van der Waals surface area contributed by atoms with Crippen LogP contribution < -0.4 is 71.4 Å². The fourth-order valence-corrected chi connectivity index (χ4v) is 20.6. The van der Waals surface area contributed by atoms with Gasteiger partial charge in [0.2, 0.25) is 0 Å². The molecule has 0 fully saturated rings. The normalized spacial score (nSPS) is 10.9. The molecular weight excluding hydrogens is 1360 g/mol. The van der Waals surface area contributed by atoms with Gasteiger partial charge in [0.1, 0.15) is 91.7 Å². The number of halogens is 4. The van der Waals surface area contributed by atoms with E-state index >= 15 is 0 Å². The average molecular weight is 1440 g/mol. The predicted octanol–water partition coefficient (Wildman–Crippen LogP) is 16.7. The van der Waals surface area contributed by atoms with Gasteiger partial charge in [-0.1, -0.05) is 230 Å². The quantitative estimate of drug-likeness (QED) is 0.0229. The second-order valence-electron chi connectivity index (χ2n) is 22.0. The topological polar surface area (TPSA) is 89.5 Å². The molecule has 0 amide bonds. The first-order chi connectivity index (χ1) is 48.0. The van der Waals surface area contributed by atoms with Crippen LogP contribution in [0, 0.1) is 6.92 Å². The lowest BCUT2D eigenvalue weighted by molar-refractivity contribution is 0.221. The van der Waals surface area contributed by atoms with E-state index in [4.69, 9.17) is 39.5 Å². The van der Waals surface area contributed by atoms with Gasteiger partial charge in [0, 0.05) is 11.9 Å². The lowest BCUT2D eigenvalue weighted by atomic mass is 10.2. The number of hydrogen-bond donors (Lipinski definition) is 0. The van der Waals surface area contributed by atoms with E-state index in [0.29, 0.717) is 17.4 Å². The monoisotopic (exact) mass is 1440 g/mol. The molecule has 0 saturated heterocycles. The van der Waals surface area contributed by atoms with E-state index in [2.05, 4.69) is 194 Å². The molecule has 12 aromatic rings. The summed E-state index contributed by atoms with van der Waals surface area (Å²) in [6, 6.07) is 110. The molecule has 0 radical (unpaired) electrons. The first-order valence-corrected chi connectivity index (χ1v) is 38.5. The Morgan fingerprint density at radius 1 is 0.364 bits per heavy atom. The van der Waals surface area contributed by atoms with Crippen molar-refractivity contribution < 1.29 is 45.1 Å². The number of methoxy groups -OCH3 is 2. The molecule has 0 heterocycles. The van der Waals surface area contributed by atoms with Crippen LogP contribution in [0.5, 0.6) is 28.7 Å². The van der Waals surface area contributed by atoms with Crippen LogP contribution in [0.25, 0.3) is 0 Å². The zero-order valence-corrected chi connectivity index (χ0v) is 60.5. The SMILES string of the molecule is COc1ccc(CCl)cc1.COc1ccc(C[P+](c2ccccc2)(c2ccccc2)c2cccc(OCC[18F])c2)cc1.Cc1ccc(S(=O)(=O)OCCOc2cccc(P(c3ccccc3)c3ccccc3)c2)cc1.Cl.[18F]CCOc1cccc(P(c2ccccc2)c2ccccc2)c1. The summed E-state index contributed by atoms with van der Waals surface area (Å²) < 4.78 is 82.2. The molecule has 99 heavy (non-hydrogen) atoms. The van der Waals surface area contributed by atoms with E-state index in [1.54, 1.807) is 38.5 Å². The largest absolute Gasteiger partial charge is 0.497 e. The Morgan fingerprint density at radius 2 is 0.707 bits per heavy atom. The van der Waals surface area contributed by atoms with Crippen molar-refractivity contribution in [3.63, 3.8) is 0 Å². The fraction of sp³-hybridized carbons (Fsp3) is 0.133. The summed E-state index contributed by atoms with van der Waals surface area (Å²) in [7, 11) is -3.93. The molecule has 0 aliphatic heterocycles. The Morgan fingerprint density at radius 3 is 1.09 bits per heavy atom. The zero-order chi connectivity index (χ0) is 68.6. The van der Waals surface area contributed by atoms with Crippen LogP contribution in [0.2, 0.25) is 0 Å². The van der Waals surface area contributed by atoms with Gasteiger partial charge in [-0.25, -0.2) is 8.78 Å². The summed E-state index contributed by atoms with van der Waals surface area (Å²) in [6.07, 6.45) is 0.859. The highest BCUT2D eigenvalue weighted by Gasteiger charge is 2.46. The van der Waals surface area contributed by atoms with Gasteiger partial charge in [-0.15, -0.1) is 24.0 Å². The van der Waals surface area contributed by atoms with Gasteiger partial charge in [-0.3, -0.25) is 4.18 Å². The minimum Gasteiger partial charge on any atom is -0.497 e. The van der Waals surface area contributed by atoms with Gasteiger partial charge in [-0.05, 0) is 163 Å². The van der Waals surface area contributed by atoms with Gasteiger partial charge < -0.3 is 23.7 Å². The molecule has 508 valence electrons. The number of hydrogen-bond acceptors (Lipinski definition) is 8. The van der Waals surface area contributed by atoms with Crippen molar-refractivity contribution in [3.05, 3.63) is 344 Å². The van der Waals surface area contributed by atoms with Crippen LogP contribution in [0.3, 0.4) is 0 Å². The maximum atomic E-state index is 12.8. The van der Waals surface area contributed by atoms with Gasteiger partial charge in [0.25, 0.3) is 10.1 Å². The van der Waals surface area contributed by atoms with Crippen molar-refractivity contribution in [1.82, 2.24) is 0 Å². The lowest BCUT2D eigenvalue weighted by Crippen LogP contribution is -2.32. The molecule has 0 spiro atoms. The number of benzene rings is 12. The lowest BCUT2D eigenvalue weighted by Gasteiger charge is -2.28. The third-order valence-corrected chi connectivity index (χ3v) is 26.2. The number of ether oxygens (including phenoxy) is 5. The molecule has 0 N–H and O–H groups in total. The summed E-state index contributed by atoms with van der Waals surface area (Å²) in [5.74, 6) is 4.38. The standard InChI is InChI=1S/C28H27FO2P.C27H25O4PS.C20H18FOP.C8H9ClO.ClH/c1-30-24-17-15-23(16-18-24)22-32(26-10-4-2-5-11-26,27-12-6-3-7-13-27)28-14-8-9-25(21-28)31-20-19-29;1-22-15-17-27(18-16-22)33(28,29)31-20-19-30-23-9-8-14-26(21-23)32(24-10-4-2-5-11-24)25-12-6-3-7-13-25;21-14-15-22-17-8-7-13-20(16-17)23(18-9-3-1-4-10-18)19-11-5-2-6-12-19;1-10-8-4-2-7(6-9)3-5-8;/h2-18,21H,19-20,22H2,1H3;2-18,21H,19-20H2,1H3;1-13,16H,14-15H2;2-5H,6H2,1H3;1H/q+1;;;;/i29-1;;21-1;;. The zero-order valence-electron chi connectivity index (χ0n) is 55.4. The first kappa shape index (κ1) is 76.0. The van der Waals surface area contributed by atoms with E-state index in [0.717, 1.165) is 39.8 Å². The molecule has 0 aliphatic carbocycles. The Labute approximate surface area is 596 Å². The molecule has 0 aliphatic rings. The van der Waals surface area contributed by atoms with E-state index in [1.807, 2.05) is 116 Å². The summed E-state index contributed by atoms with van der Waals surface area (Å²) in [6.45, 7) is 1.14. The summed E-state index contributed by atoms with van der Waals surface area (Å²) in [5.41, 5.74) is 3.34. The molecule has 0 bridgehead atoms. The maximum absolute atomic E-state index is 12.8. The number of rotatable bonds is 26. The highest BCUT2D eigenvalue weighted by Crippen LogP contribution is 2.58. The van der Waals surface area contributed by atoms with Gasteiger partial charge in [0.15, 0.2) is 0 Å². The molecule has 0 atom stereocenters. The number of alkyl halides is 3. The highest BCUT2D eigenvalue weighted by atomic mass is 35.5. The van der Waals surface area contributed by atoms with Crippen LogP contribution in [-0.4, -0.2) is 62.4 Å². The van der Waals surface area contributed by atoms with Crippen molar-refractivity contribution in [3.8, 4) is 28.7 Å². The van der Waals surface area contributed by atoms with Crippen molar-refractivity contribution in [2.24, 2.45) is 0 Å². The molecule has 12 rings (SSSR count). The van der Waals surface area contributed by atoms with Crippen LogP contribution in [0.4, 0.5) is 8.78 Å². The smallest absolute Gasteiger partial charge is 0.297 e. The third kappa shape index (κ3) is 22.4. The third-order valence-electron chi connectivity index (χ3n) is 15.3. The number of aryl methyl sites for hydroxylation is 1. The first-order valence-electron chi connectivity index (χ1n) is 31.9. The van der Waals surface area contributed by atoms with Crippen molar-refractivity contribution in [2.75, 3.05) is 54.0 Å². The molecule has 16 heteroatoms. The molecule has 0 aromatic heterocycles. The second-order valence-corrected chi connectivity index (χ2v) is 31.8. The van der Waals surface area contributed by atoms with Crippen molar-refractivity contribution >= 4 is 105 Å². The Bertz CT molecular complexity index is 4230. The van der Waals surface area contributed by atoms with E-state index < -0.39 is 46.6 Å². The van der Waals surface area contributed by atoms with Crippen LogP contribution in [-0.2, 0) is 26.3 Å². The Kier molecular flexibility index (Phi) is 31.0. The predicted molar refractivity (Wildman–Crippen MR) is 415 cm³/mol. The Balaban J connectivity index is 0.000000178. The molecular formula is C83H80Cl2F2O8P3S+. The highest BCUT2D eigenvalue weighted by molar-refractivity contribution is 7.95. The van der Waals surface area contributed by atoms with Crippen LogP contribution >= 0.6 is 47.1 Å². The van der Waals surface area contributed by atoms with Crippen molar-refractivity contribution in [1.29, 1.82) is 0 Å². The molecule has 0 saturated carbocycles. The summed E-state index contributed by atoms with van der Waals surface area (Å²) in [5, 5.41) is 11.2. The summed E-state index contributed by atoms with van der Waals surface area (Å²) >= 11 is 5.58. The van der Waals surface area contributed by atoms with Crippen molar-refractivity contribution in [2.45, 2.75) is 23.9 Å². The van der Waals surface area contributed by atoms with Gasteiger partial charge in [-0.2, -0.15) is 8.42 Å². The average Bonchev–Trinajstić information content (AvgIpc) is 0.747. The van der Waals surface area contributed by atoms with Gasteiger partial charge in [0.05, 0.1) is 25.3 Å². The minimum atomic E-state index is -3.80. The van der Waals surface area contributed by atoms with Crippen LogP contribution in [0.1, 0.15) is 16.7 Å². The summed E-state index contributed by atoms with van der Waals surface area (Å²) in [4.78, 5) is 0.145.